The Bertz CT molecular complexity index is 872. The maximum Gasteiger partial charge on any atom is 0.418 e. The summed E-state index contributed by atoms with van der Waals surface area (Å²) in [6.07, 6.45) is 0.443. The van der Waals surface area contributed by atoms with Gasteiger partial charge in [0.05, 0.1) is 16.3 Å². The third-order valence-corrected chi connectivity index (χ3v) is 5.90. The van der Waals surface area contributed by atoms with Crippen LogP contribution in [0.15, 0.2) is 24.3 Å². The minimum absolute atomic E-state index is 0.253. The smallest absolute Gasteiger partial charge is 0.418 e. The van der Waals surface area contributed by atoms with Gasteiger partial charge in [0.1, 0.15) is 4.88 Å². The Morgan fingerprint density at radius 3 is 2.68 bits per heavy atom. The number of anilines is 1. The number of halogens is 4. The van der Waals surface area contributed by atoms with Crippen LogP contribution in [0.4, 0.5) is 18.9 Å². The third-order valence-electron chi connectivity index (χ3n) is 4.37. The number of aryl methyl sites for hydroxylation is 2. The van der Waals surface area contributed by atoms with Gasteiger partial charge in [-0.05, 0) is 49.4 Å². The van der Waals surface area contributed by atoms with Crippen molar-refractivity contribution in [3.63, 3.8) is 0 Å². The second-order valence-corrected chi connectivity index (χ2v) is 7.95. The molecule has 0 atom stereocenters. The molecule has 0 saturated carbocycles. The summed E-state index contributed by atoms with van der Waals surface area (Å²) < 4.78 is 44.2. The number of hydrogen-bond acceptors (Lipinski definition) is 4. The van der Waals surface area contributed by atoms with Gasteiger partial charge < -0.3 is 10.1 Å². The molecule has 9 heteroatoms. The molecule has 1 aromatic heterocycles. The van der Waals surface area contributed by atoms with E-state index in [9.17, 15) is 22.8 Å². The highest BCUT2D eigenvalue weighted by molar-refractivity contribution is 7.14. The highest BCUT2D eigenvalue weighted by Crippen LogP contribution is 2.38. The van der Waals surface area contributed by atoms with Crippen molar-refractivity contribution >= 4 is 40.5 Å². The van der Waals surface area contributed by atoms with Gasteiger partial charge in [-0.15, -0.1) is 11.3 Å². The summed E-state index contributed by atoms with van der Waals surface area (Å²) in [5.74, 6) is -1.56. The van der Waals surface area contributed by atoms with Crippen molar-refractivity contribution in [3.8, 4) is 0 Å². The number of thiophene rings is 1. The molecule has 1 N–H and O–H groups in total. The Kier molecular flexibility index (Phi) is 6.30. The first-order chi connectivity index (χ1) is 13.3. The van der Waals surface area contributed by atoms with Gasteiger partial charge in [0.2, 0.25) is 0 Å². The highest BCUT2D eigenvalue weighted by atomic mass is 35.5. The summed E-state index contributed by atoms with van der Waals surface area (Å²) in [6.45, 7) is -0.704. The number of fused-ring (bicyclic) bond motifs is 1. The Morgan fingerprint density at radius 1 is 1.18 bits per heavy atom. The average molecular weight is 432 g/mol. The minimum Gasteiger partial charge on any atom is -0.451 e. The molecule has 1 aliphatic rings. The van der Waals surface area contributed by atoms with Crippen LogP contribution in [0.1, 0.15) is 44.9 Å². The first-order valence-corrected chi connectivity index (χ1v) is 9.89. The normalized spacial score (nSPS) is 14.1. The second kappa shape index (κ2) is 8.53. The van der Waals surface area contributed by atoms with E-state index in [1.54, 1.807) is 6.07 Å². The number of hydrogen-bond donors (Lipinski definition) is 1. The number of para-hydroxylation sites is 1. The van der Waals surface area contributed by atoms with Crippen LogP contribution in [-0.4, -0.2) is 18.5 Å². The SMILES string of the molecule is O=C(COC(=O)c1cc2c(s1)CCCCC2)Nc1c(Cl)cccc1C(F)(F)F. The number of ether oxygens (including phenoxy) is 1. The molecule has 3 rings (SSSR count). The number of esters is 1. The molecule has 150 valence electrons. The van der Waals surface area contributed by atoms with Crippen LogP contribution in [-0.2, 0) is 28.5 Å². The van der Waals surface area contributed by atoms with Crippen LogP contribution in [0.3, 0.4) is 0 Å². The number of rotatable bonds is 4. The van der Waals surface area contributed by atoms with E-state index in [1.165, 1.54) is 17.4 Å². The molecule has 0 bridgehead atoms. The third kappa shape index (κ3) is 4.86. The van der Waals surface area contributed by atoms with Gasteiger partial charge >= 0.3 is 12.1 Å². The molecular formula is C19H17ClF3NO3S. The van der Waals surface area contributed by atoms with Crippen molar-refractivity contribution in [1.82, 2.24) is 0 Å². The molecule has 0 radical (unpaired) electrons. The van der Waals surface area contributed by atoms with Crippen molar-refractivity contribution in [2.75, 3.05) is 11.9 Å². The number of carbonyl (C=O) groups is 2. The molecule has 0 spiro atoms. The fourth-order valence-corrected chi connectivity index (χ4v) is 4.40. The Morgan fingerprint density at radius 2 is 1.93 bits per heavy atom. The molecule has 0 aliphatic heterocycles. The molecule has 2 aromatic rings. The van der Waals surface area contributed by atoms with Crippen molar-refractivity contribution in [2.45, 2.75) is 38.3 Å². The summed E-state index contributed by atoms with van der Waals surface area (Å²) in [5, 5.41) is 1.83. The lowest BCUT2D eigenvalue weighted by molar-refractivity contribution is -0.137. The molecule has 1 amide bonds. The van der Waals surface area contributed by atoms with E-state index in [4.69, 9.17) is 16.3 Å². The van der Waals surface area contributed by atoms with Crippen LogP contribution in [0.5, 0.6) is 0 Å². The van der Waals surface area contributed by atoms with Gasteiger partial charge in [-0.2, -0.15) is 13.2 Å². The van der Waals surface area contributed by atoms with Crippen LogP contribution in [0.2, 0.25) is 5.02 Å². The minimum atomic E-state index is -4.68. The van der Waals surface area contributed by atoms with Crippen LogP contribution >= 0.6 is 22.9 Å². The second-order valence-electron chi connectivity index (χ2n) is 6.40. The topological polar surface area (TPSA) is 55.4 Å². The van der Waals surface area contributed by atoms with Crippen molar-refractivity contribution in [3.05, 3.63) is 50.2 Å². The molecule has 0 fully saturated rings. The molecule has 1 aliphatic carbocycles. The van der Waals surface area contributed by atoms with E-state index in [0.717, 1.165) is 54.7 Å². The van der Waals surface area contributed by atoms with E-state index in [0.29, 0.717) is 4.88 Å². The summed E-state index contributed by atoms with van der Waals surface area (Å²) in [5.41, 5.74) is -0.494. The highest BCUT2D eigenvalue weighted by Gasteiger charge is 2.34. The van der Waals surface area contributed by atoms with Crippen molar-refractivity contribution in [2.24, 2.45) is 0 Å². The predicted molar refractivity (Wildman–Crippen MR) is 101 cm³/mol. The summed E-state index contributed by atoms with van der Waals surface area (Å²) in [4.78, 5) is 25.8. The molecular weight excluding hydrogens is 415 g/mol. The lowest BCUT2D eigenvalue weighted by Gasteiger charge is -2.15. The zero-order valence-corrected chi connectivity index (χ0v) is 16.3. The molecule has 28 heavy (non-hydrogen) atoms. The van der Waals surface area contributed by atoms with E-state index in [-0.39, 0.29) is 5.02 Å². The number of carbonyl (C=O) groups excluding carboxylic acids is 2. The molecule has 1 aromatic carbocycles. The molecule has 1 heterocycles. The lowest BCUT2D eigenvalue weighted by Crippen LogP contribution is -2.22. The first kappa shape index (κ1) is 20.7. The van der Waals surface area contributed by atoms with Gasteiger partial charge in [0, 0.05) is 4.88 Å². The van der Waals surface area contributed by atoms with E-state index in [2.05, 4.69) is 5.32 Å². The van der Waals surface area contributed by atoms with Gasteiger partial charge in [-0.3, -0.25) is 4.79 Å². The van der Waals surface area contributed by atoms with Crippen LogP contribution in [0, 0.1) is 0 Å². The summed E-state index contributed by atoms with van der Waals surface area (Å²) in [7, 11) is 0. The maximum absolute atomic E-state index is 13.1. The molecule has 0 unspecified atom stereocenters. The molecule has 4 nitrogen and oxygen atoms in total. The van der Waals surface area contributed by atoms with Gasteiger partial charge in [0.15, 0.2) is 6.61 Å². The predicted octanol–water partition coefficient (Wildman–Crippen LogP) is 5.48. The van der Waals surface area contributed by atoms with Crippen molar-refractivity contribution < 1.29 is 27.5 Å². The summed E-state index contributed by atoms with van der Waals surface area (Å²) in [6, 6.07) is 4.96. The van der Waals surface area contributed by atoms with Crippen LogP contribution < -0.4 is 5.32 Å². The quantitative estimate of drug-likeness (QED) is 0.514. The number of nitrogens with one attached hydrogen (secondary N) is 1. The van der Waals surface area contributed by atoms with Crippen LogP contribution in [0.25, 0.3) is 0 Å². The first-order valence-electron chi connectivity index (χ1n) is 8.70. The number of alkyl halides is 3. The zero-order chi connectivity index (χ0) is 20.3. The number of amides is 1. The Balaban J connectivity index is 1.63. The average Bonchev–Trinajstić information content (AvgIpc) is 2.91. The molecule has 0 saturated heterocycles. The lowest BCUT2D eigenvalue weighted by atomic mass is 10.1. The zero-order valence-electron chi connectivity index (χ0n) is 14.7. The Labute approximate surface area is 168 Å². The summed E-state index contributed by atoms with van der Waals surface area (Å²) >= 11 is 7.13. The van der Waals surface area contributed by atoms with E-state index in [1.807, 2.05) is 0 Å². The monoisotopic (exact) mass is 431 g/mol. The number of benzene rings is 1. The standard InChI is InChI=1S/C19H17ClF3NO3S/c20-13-7-4-6-12(19(21,22)23)17(13)24-16(25)10-27-18(26)15-9-11-5-2-1-3-8-14(11)28-15/h4,6-7,9H,1-3,5,8,10H2,(H,24,25). The van der Waals surface area contributed by atoms with Gasteiger partial charge in [-0.1, -0.05) is 24.1 Å². The van der Waals surface area contributed by atoms with Gasteiger partial charge in [0.25, 0.3) is 5.91 Å². The maximum atomic E-state index is 13.1. The largest absolute Gasteiger partial charge is 0.451 e. The fourth-order valence-electron chi connectivity index (χ4n) is 3.03. The van der Waals surface area contributed by atoms with Gasteiger partial charge in [-0.25, -0.2) is 4.79 Å². The fraction of sp³-hybridized carbons (Fsp3) is 0.368. The van der Waals surface area contributed by atoms with E-state index >= 15 is 0 Å². The van der Waals surface area contributed by atoms with E-state index < -0.39 is 35.9 Å². The van der Waals surface area contributed by atoms with Crippen molar-refractivity contribution in [1.29, 1.82) is 0 Å². The Hall–Kier alpha value is -2.06.